The van der Waals surface area contributed by atoms with Crippen LogP contribution in [-0.4, -0.2) is 46.3 Å². The third-order valence-corrected chi connectivity index (χ3v) is 12.3. The fraction of sp³-hybridized carbons (Fsp3) is 0.0417. The molecule has 3 aliphatic rings. The number of alkyl halides is 2. The Balaban J connectivity index is 1.26. The van der Waals surface area contributed by atoms with Crippen LogP contribution in [0.25, 0.3) is 38.5 Å². The summed E-state index contributed by atoms with van der Waals surface area (Å²) in [5.41, 5.74) is 11.2. The first-order valence-corrected chi connectivity index (χ1v) is 19.5. The molecule has 0 spiro atoms. The molecule has 0 amide bonds. The summed E-state index contributed by atoms with van der Waals surface area (Å²) in [5.74, 6) is 0. The van der Waals surface area contributed by atoms with Gasteiger partial charge in [-0.2, -0.15) is 0 Å². The quantitative estimate of drug-likeness (QED) is 0.138. The maximum atomic E-state index is 8.13. The van der Waals surface area contributed by atoms with Crippen molar-refractivity contribution in [2.75, 3.05) is 0 Å². The maximum absolute atomic E-state index is 8.13. The van der Waals surface area contributed by atoms with Gasteiger partial charge < -0.3 is 9.97 Å². The van der Waals surface area contributed by atoms with Gasteiger partial charge in [0.15, 0.2) is 9.87 Å². The van der Waals surface area contributed by atoms with Gasteiger partial charge in [0.05, 0.1) is 28.2 Å². The molecule has 58 heavy (non-hydrogen) atoms. The number of hydrogen-bond donors (Lipinski definition) is 2. The predicted octanol–water partition coefficient (Wildman–Crippen LogP) is 8.54. The number of hydrogen-bond acceptors (Lipinski definition) is 6. The Hall–Kier alpha value is -7.00. The normalized spacial score (nSPS) is 20.0. The molecule has 0 radical (unpaired) electrons. The Morgan fingerprint density at radius 2 is 1.21 bits per heavy atom. The third-order valence-electron chi connectivity index (χ3n) is 11.0. The zero-order valence-electron chi connectivity index (χ0n) is 30.6. The first-order valence-electron chi connectivity index (χ1n) is 18.8. The smallest absolute Gasteiger partial charge is 0.181 e. The summed E-state index contributed by atoms with van der Waals surface area (Å²) in [6.45, 7) is 0. The Morgan fingerprint density at radius 1 is 0.534 bits per heavy atom. The number of nitrogens with one attached hydrogen (secondary N) is 2. The minimum absolute atomic E-state index is 0.629. The maximum Gasteiger partial charge on any atom is 0.181 e. The van der Waals surface area contributed by atoms with E-state index in [9.17, 15) is 0 Å². The number of aliphatic imine (C=N–C) groups is 2. The summed E-state index contributed by atoms with van der Waals surface area (Å²) in [4.78, 5) is 33.9. The van der Waals surface area contributed by atoms with Gasteiger partial charge in [0.25, 0.3) is 0 Å². The fourth-order valence-corrected chi connectivity index (χ4v) is 8.88. The molecular formula is C48H30Cl2N8. The van der Waals surface area contributed by atoms with E-state index >= 15 is 0 Å². The molecule has 8 bridgehead atoms. The lowest BCUT2D eigenvalue weighted by molar-refractivity contribution is 0.568. The number of halogens is 2. The van der Waals surface area contributed by atoms with Crippen LogP contribution < -0.4 is 10.7 Å². The molecule has 8 nitrogen and oxygen atoms in total. The Labute approximate surface area is 342 Å². The van der Waals surface area contributed by atoms with Gasteiger partial charge in [0, 0.05) is 109 Å². The molecule has 2 unspecified atom stereocenters. The summed E-state index contributed by atoms with van der Waals surface area (Å²) in [7, 11) is 0. The van der Waals surface area contributed by atoms with Gasteiger partial charge in [-0.05, 0) is 85.0 Å². The second kappa shape index (κ2) is 13.3. The van der Waals surface area contributed by atoms with Gasteiger partial charge in [-0.1, -0.05) is 60.1 Å². The van der Waals surface area contributed by atoms with Crippen molar-refractivity contribution >= 4 is 73.2 Å². The Morgan fingerprint density at radius 3 is 1.93 bits per heavy atom. The summed E-state index contributed by atoms with van der Waals surface area (Å²) >= 11 is 16.0. The standard InChI is InChI=1S/C48H30Cl2N8/c49-47-20-19-42(58-47)46(33-23-29-7-1-3-11-35(29)53-27-33)40-16-15-38(56-40)44(31-9-5-21-51-25-31)37-13-14-39(55-37)45(32-10-6-22-52-26-32)41-17-18-43(57-41)48(47,50)34-24-30-8-2-4-12-36(30)54-28-34/h1-28,56-57H. The molecular weight excluding hydrogens is 759 g/mol. The van der Waals surface area contributed by atoms with E-state index in [0.29, 0.717) is 17.0 Å². The second-order valence-corrected chi connectivity index (χ2v) is 15.5. The Kier molecular flexibility index (Phi) is 7.86. The van der Waals surface area contributed by atoms with Gasteiger partial charge in [0.1, 0.15) is 0 Å². The van der Waals surface area contributed by atoms with E-state index in [1.807, 2.05) is 128 Å². The molecule has 0 saturated carbocycles. The number of rotatable bonds is 4. The van der Waals surface area contributed by atoms with Crippen molar-refractivity contribution in [3.63, 3.8) is 0 Å². The van der Waals surface area contributed by atoms with Gasteiger partial charge in [-0.15, -0.1) is 11.6 Å². The highest BCUT2D eigenvalue weighted by Crippen LogP contribution is 2.53. The molecule has 0 saturated heterocycles. The average Bonchev–Trinajstić information content (AvgIpc) is 4.11. The van der Waals surface area contributed by atoms with Crippen LogP contribution in [-0.2, 0) is 4.87 Å². The first-order chi connectivity index (χ1) is 28.4. The van der Waals surface area contributed by atoms with Crippen molar-refractivity contribution in [3.05, 3.63) is 221 Å². The van der Waals surface area contributed by atoms with Crippen molar-refractivity contribution in [2.24, 2.45) is 9.98 Å². The highest BCUT2D eigenvalue weighted by molar-refractivity contribution is 6.41. The van der Waals surface area contributed by atoms with Crippen molar-refractivity contribution in [1.82, 2.24) is 29.9 Å². The van der Waals surface area contributed by atoms with Gasteiger partial charge in [0.2, 0.25) is 0 Å². The predicted molar refractivity (Wildman–Crippen MR) is 232 cm³/mol. The fourth-order valence-electron chi connectivity index (χ4n) is 8.20. The molecule has 2 atom stereocenters. The molecule has 6 aromatic heterocycles. The van der Waals surface area contributed by atoms with Crippen LogP contribution in [0.2, 0.25) is 0 Å². The number of nitrogens with zero attached hydrogens (tertiary/aromatic N) is 6. The molecule has 8 aromatic rings. The number of pyridine rings is 4. The van der Waals surface area contributed by atoms with Crippen LogP contribution in [0.4, 0.5) is 0 Å². The number of fused-ring (bicyclic) bond motifs is 8. The SMILES string of the molecule is ClC12C=CC(=N1)C(c1cnc3ccccc3c1)=c1ccc([nH]1)=C(c1cccnc1)C1=NC(=C(c3cccnc3)c3ccc([nH]3)C2(Cl)c2cnc3ccccc3c2)C=C1. The number of para-hydroxylation sites is 2. The first kappa shape index (κ1) is 34.3. The summed E-state index contributed by atoms with van der Waals surface area (Å²) < 4.78 is 0. The van der Waals surface area contributed by atoms with E-state index in [0.717, 1.165) is 83.0 Å². The van der Waals surface area contributed by atoms with Crippen LogP contribution in [0.5, 0.6) is 0 Å². The molecule has 11 rings (SSSR count). The summed E-state index contributed by atoms with van der Waals surface area (Å²) in [6, 6.07) is 36.2. The molecule has 10 heteroatoms. The third kappa shape index (κ3) is 5.44. The van der Waals surface area contributed by atoms with Crippen LogP contribution in [0.3, 0.4) is 0 Å². The molecule has 0 aliphatic carbocycles. The van der Waals surface area contributed by atoms with Crippen molar-refractivity contribution in [3.8, 4) is 0 Å². The molecule has 2 aromatic carbocycles. The largest absolute Gasteiger partial charge is 0.356 e. The topological polar surface area (TPSA) is 108 Å². The van der Waals surface area contributed by atoms with Gasteiger partial charge >= 0.3 is 0 Å². The minimum Gasteiger partial charge on any atom is -0.356 e. The van der Waals surface area contributed by atoms with E-state index in [4.69, 9.17) is 43.2 Å². The van der Waals surface area contributed by atoms with Crippen molar-refractivity contribution in [1.29, 1.82) is 0 Å². The Bertz CT molecular complexity index is 3270. The molecule has 3 aliphatic heterocycles. The summed E-state index contributed by atoms with van der Waals surface area (Å²) in [5, 5.41) is 3.59. The monoisotopic (exact) mass is 788 g/mol. The van der Waals surface area contributed by atoms with Crippen molar-refractivity contribution < 1.29 is 0 Å². The average molecular weight is 790 g/mol. The lowest BCUT2D eigenvalue weighted by Gasteiger charge is -2.36. The van der Waals surface area contributed by atoms with Crippen LogP contribution in [0.1, 0.15) is 33.6 Å². The van der Waals surface area contributed by atoms with E-state index in [2.05, 4.69) is 44.2 Å². The molecule has 2 N–H and O–H groups in total. The number of H-pyrrole nitrogens is 2. The minimum atomic E-state index is -1.52. The van der Waals surface area contributed by atoms with Gasteiger partial charge in [-0.3, -0.25) is 24.9 Å². The van der Waals surface area contributed by atoms with E-state index < -0.39 is 9.87 Å². The van der Waals surface area contributed by atoms with Crippen LogP contribution >= 0.6 is 23.2 Å². The lowest BCUT2D eigenvalue weighted by Crippen LogP contribution is -2.41. The zero-order chi connectivity index (χ0) is 38.8. The van der Waals surface area contributed by atoms with Crippen LogP contribution in [0.15, 0.2) is 186 Å². The lowest BCUT2D eigenvalue weighted by atomic mass is 9.87. The van der Waals surface area contributed by atoms with Crippen molar-refractivity contribution in [2.45, 2.75) is 9.87 Å². The van der Waals surface area contributed by atoms with E-state index in [1.54, 1.807) is 18.6 Å². The molecule has 0 fully saturated rings. The number of aromatic amines is 2. The number of allylic oxidation sites excluding steroid dienone is 3. The van der Waals surface area contributed by atoms with E-state index in [-0.39, 0.29) is 0 Å². The number of benzene rings is 2. The molecule has 276 valence electrons. The molecule has 9 heterocycles. The zero-order valence-corrected chi connectivity index (χ0v) is 32.1. The van der Waals surface area contributed by atoms with Crippen LogP contribution in [0, 0.1) is 0 Å². The van der Waals surface area contributed by atoms with E-state index in [1.165, 1.54) is 0 Å². The highest BCUT2D eigenvalue weighted by atomic mass is 35.5. The highest BCUT2D eigenvalue weighted by Gasteiger charge is 2.54. The second-order valence-electron chi connectivity index (χ2n) is 14.4. The van der Waals surface area contributed by atoms with Gasteiger partial charge in [-0.25, -0.2) is 4.99 Å². The number of aromatic nitrogens is 6. The summed E-state index contributed by atoms with van der Waals surface area (Å²) in [6.07, 6.45) is 18.8.